The minimum atomic E-state index is 0.0819. The van der Waals surface area contributed by atoms with E-state index in [-0.39, 0.29) is 11.8 Å². The molecule has 2 aromatic carbocycles. The fourth-order valence-corrected chi connectivity index (χ4v) is 3.83. The van der Waals surface area contributed by atoms with Crippen LogP contribution in [0.1, 0.15) is 30.1 Å². The Bertz CT molecular complexity index is 954. The topological polar surface area (TPSA) is 46.3 Å². The molecule has 1 aliphatic rings. The van der Waals surface area contributed by atoms with Crippen LogP contribution in [-0.4, -0.2) is 29.6 Å². The fourth-order valence-electron chi connectivity index (χ4n) is 3.63. The molecule has 0 spiro atoms. The van der Waals surface area contributed by atoms with E-state index in [1.165, 1.54) is 0 Å². The number of carbonyl (C=O) groups is 1. The van der Waals surface area contributed by atoms with Gasteiger partial charge in [0.05, 0.1) is 0 Å². The van der Waals surface area contributed by atoms with Gasteiger partial charge < -0.3 is 9.42 Å². The lowest BCUT2D eigenvalue weighted by molar-refractivity contribution is -0.131. The van der Waals surface area contributed by atoms with Gasteiger partial charge in [-0.3, -0.25) is 4.79 Å². The van der Waals surface area contributed by atoms with Crippen LogP contribution in [-0.2, 0) is 11.2 Å². The smallest absolute Gasteiger partial charge is 0.226 e. The number of amides is 1. The van der Waals surface area contributed by atoms with E-state index < -0.39 is 0 Å². The Morgan fingerprint density at radius 3 is 2.79 bits per heavy atom. The third kappa shape index (κ3) is 4.28. The Kier molecular flexibility index (Phi) is 5.49. The number of nitrogens with zero attached hydrogens (tertiary/aromatic N) is 2. The molecular weight excluding hydrogens is 372 g/mol. The van der Waals surface area contributed by atoms with Crippen molar-refractivity contribution in [3.8, 4) is 11.3 Å². The first-order valence-corrected chi connectivity index (χ1v) is 10.0. The molecule has 2 unspecified atom stereocenters. The molecule has 1 aromatic heterocycles. The summed E-state index contributed by atoms with van der Waals surface area (Å²) in [5.41, 5.74) is 3.06. The summed E-state index contributed by atoms with van der Waals surface area (Å²) in [6.07, 6.45) is 2.52. The Labute approximate surface area is 170 Å². The summed E-state index contributed by atoms with van der Waals surface area (Å²) in [5, 5.41) is 4.87. The SMILES string of the molecule is CN(CCCc1cc(-c2ccccc2)no1)C(=O)C1CC1c1cccc(Cl)c1. The average molecular weight is 395 g/mol. The molecular formula is C23H23ClN2O2. The Balaban J connectivity index is 1.25. The van der Waals surface area contributed by atoms with Crippen molar-refractivity contribution < 1.29 is 9.32 Å². The van der Waals surface area contributed by atoms with Gasteiger partial charge in [0, 0.05) is 42.6 Å². The molecule has 5 heteroatoms. The predicted molar refractivity (Wildman–Crippen MR) is 110 cm³/mol. The van der Waals surface area contributed by atoms with Crippen molar-refractivity contribution in [3.63, 3.8) is 0 Å². The molecule has 1 saturated carbocycles. The van der Waals surface area contributed by atoms with Crippen LogP contribution in [0.2, 0.25) is 5.02 Å². The molecule has 1 aliphatic carbocycles. The fraction of sp³-hybridized carbons (Fsp3) is 0.304. The lowest BCUT2D eigenvalue weighted by Crippen LogP contribution is -2.29. The summed E-state index contributed by atoms with van der Waals surface area (Å²) in [5.74, 6) is 1.45. The van der Waals surface area contributed by atoms with Gasteiger partial charge in [0.25, 0.3) is 0 Å². The minimum absolute atomic E-state index is 0.0819. The number of aryl methyl sites for hydroxylation is 1. The molecule has 2 atom stereocenters. The molecule has 28 heavy (non-hydrogen) atoms. The van der Waals surface area contributed by atoms with Gasteiger partial charge >= 0.3 is 0 Å². The molecule has 0 aliphatic heterocycles. The second kappa shape index (κ2) is 8.19. The predicted octanol–water partition coefficient (Wildman–Crippen LogP) is 5.19. The average Bonchev–Trinajstić information content (AvgIpc) is 3.38. The van der Waals surface area contributed by atoms with E-state index in [0.29, 0.717) is 12.5 Å². The Morgan fingerprint density at radius 1 is 1.18 bits per heavy atom. The van der Waals surface area contributed by atoms with Crippen LogP contribution < -0.4 is 0 Å². The highest BCUT2D eigenvalue weighted by molar-refractivity contribution is 6.30. The van der Waals surface area contributed by atoms with Crippen molar-refractivity contribution in [1.29, 1.82) is 0 Å². The zero-order chi connectivity index (χ0) is 19.5. The summed E-state index contributed by atoms with van der Waals surface area (Å²) in [6, 6.07) is 19.8. The summed E-state index contributed by atoms with van der Waals surface area (Å²) >= 11 is 6.06. The van der Waals surface area contributed by atoms with E-state index in [2.05, 4.69) is 11.2 Å². The lowest BCUT2D eigenvalue weighted by atomic mass is 10.1. The normalized spacial score (nSPS) is 18.1. The largest absolute Gasteiger partial charge is 0.361 e. The van der Waals surface area contributed by atoms with Gasteiger partial charge in [0.1, 0.15) is 11.5 Å². The summed E-state index contributed by atoms with van der Waals surface area (Å²) in [7, 11) is 1.88. The zero-order valence-corrected chi connectivity index (χ0v) is 16.6. The molecule has 1 heterocycles. The molecule has 0 bridgehead atoms. The number of rotatable bonds is 7. The van der Waals surface area contributed by atoms with Gasteiger partial charge in [-0.15, -0.1) is 0 Å². The molecule has 0 radical (unpaired) electrons. The molecule has 4 rings (SSSR count). The van der Waals surface area contributed by atoms with Crippen molar-refractivity contribution in [1.82, 2.24) is 10.1 Å². The number of benzene rings is 2. The van der Waals surface area contributed by atoms with Crippen molar-refractivity contribution in [2.45, 2.75) is 25.2 Å². The maximum atomic E-state index is 12.7. The molecule has 0 N–H and O–H groups in total. The maximum absolute atomic E-state index is 12.7. The summed E-state index contributed by atoms with van der Waals surface area (Å²) in [6.45, 7) is 0.707. The van der Waals surface area contributed by atoms with E-state index in [1.54, 1.807) is 0 Å². The van der Waals surface area contributed by atoms with E-state index >= 15 is 0 Å². The van der Waals surface area contributed by atoms with E-state index in [0.717, 1.165) is 46.9 Å². The van der Waals surface area contributed by atoms with Crippen LogP contribution in [0, 0.1) is 5.92 Å². The van der Waals surface area contributed by atoms with Gasteiger partial charge in [-0.25, -0.2) is 0 Å². The first kappa shape index (κ1) is 18.8. The highest BCUT2D eigenvalue weighted by atomic mass is 35.5. The van der Waals surface area contributed by atoms with Crippen molar-refractivity contribution in [2.24, 2.45) is 5.92 Å². The van der Waals surface area contributed by atoms with Crippen LogP contribution in [0.3, 0.4) is 0 Å². The number of carbonyl (C=O) groups excluding carboxylic acids is 1. The van der Waals surface area contributed by atoms with Crippen molar-refractivity contribution in [2.75, 3.05) is 13.6 Å². The summed E-state index contributed by atoms with van der Waals surface area (Å²) < 4.78 is 5.44. The molecule has 144 valence electrons. The van der Waals surface area contributed by atoms with E-state index in [4.69, 9.17) is 16.1 Å². The van der Waals surface area contributed by atoms with Gasteiger partial charge in [-0.2, -0.15) is 0 Å². The molecule has 3 aromatic rings. The van der Waals surface area contributed by atoms with Gasteiger partial charge in [-0.05, 0) is 36.5 Å². The zero-order valence-electron chi connectivity index (χ0n) is 15.8. The molecule has 1 amide bonds. The number of hydrogen-bond acceptors (Lipinski definition) is 3. The van der Waals surface area contributed by atoms with Crippen LogP contribution in [0.25, 0.3) is 11.3 Å². The van der Waals surface area contributed by atoms with Crippen LogP contribution in [0.5, 0.6) is 0 Å². The van der Waals surface area contributed by atoms with E-state index in [9.17, 15) is 4.79 Å². The van der Waals surface area contributed by atoms with Gasteiger partial charge in [0.2, 0.25) is 5.91 Å². The molecule has 0 saturated heterocycles. The molecule has 1 fully saturated rings. The van der Waals surface area contributed by atoms with Crippen LogP contribution in [0.4, 0.5) is 0 Å². The van der Waals surface area contributed by atoms with Crippen LogP contribution >= 0.6 is 11.6 Å². The number of aromatic nitrogens is 1. The maximum Gasteiger partial charge on any atom is 0.226 e. The standard InChI is InChI=1S/C23H23ClN2O2/c1-26(23(27)21-15-20(21)17-9-5-10-18(24)13-17)12-6-11-19-14-22(25-28-19)16-7-3-2-4-8-16/h2-5,7-10,13-14,20-21H,6,11-12,15H2,1H3. The first-order chi connectivity index (χ1) is 13.6. The van der Waals surface area contributed by atoms with Crippen molar-refractivity contribution in [3.05, 3.63) is 77.0 Å². The number of hydrogen-bond donors (Lipinski definition) is 0. The van der Waals surface area contributed by atoms with E-state index in [1.807, 2.05) is 66.5 Å². The molecule has 4 nitrogen and oxygen atoms in total. The minimum Gasteiger partial charge on any atom is -0.361 e. The lowest BCUT2D eigenvalue weighted by Gasteiger charge is -2.16. The number of halogens is 1. The monoisotopic (exact) mass is 394 g/mol. The quantitative estimate of drug-likeness (QED) is 0.554. The first-order valence-electron chi connectivity index (χ1n) is 9.63. The second-order valence-corrected chi connectivity index (χ2v) is 7.85. The van der Waals surface area contributed by atoms with Gasteiger partial charge in [-0.1, -0.05) is 59.2 Å². The third-order valence-corrected chi connectivity index (χ3v) is 5.54. The van der Waals surface area contributed by atoms with Gasteiger partial charge in [0.15, 0.2) is 0 Å². The van der Waals surface area contributed by atoms with Crippen molar-refractivity contribution >= 4 is 17.5 Å². The Morgan fingerprint density at radius 2 is 2.00 bits per heavy atom. The second-order valence-electron chi connectivity index (χ2n) is 7.41. The van der Waals surface area contributed by atoms with Crippen LogP contribution in [0.15, 0.2) is 65.2 Å². The highest BCUT2D eigenvalue weighted by Crippen LogP contribution is 2.48. The Hall–Kier alpha value is -2.59. The highest BCUT2D eigenvalue weighted by Gasteiger charge is 2.45. The third-order valence-electron chi connectivity index (χ3n) is 5.31. The summed E-state index contributed by atoms with van der Waals surface area (Å²) in [4.78, 5) is 14.5.